The summed E-state index contributed by atoms with van der Waals surface area (Å²) in [6.07, 6.45) is 17.3. The highest BCUT2D eigenvalue weighted by Crippen LogP contribution is 2.37. The molecule has 1 aromatic heterocycles. The number of carbonyl (C=O) groups is 4. The number of rotatable bonds is 24. The molecule has 0 spiro atoms. The van der Waals surface area contributed by atoms with Gasteiger partial charge in [-0.3, -0.25) is 34.6 Å². The molecule has 81 heavy (non-hydrogen) atoms. The average molecular weight is 1100 g/mol. The number of allylic oxidation sites excluding steroid dienone is 1. The molecule has 0 atom stereocenters. The Kier molecular flexibility index (Phi) is 20.6. The average Bonchev–Trinajstić information content (AvgIpc) is 3.65. The van der Waals surface area contributed by atoms with E-state index >= 15 is 8.78 Å². The summed E-state index contributed by atoms with van der Waals surface area (Å²) in [5, 5.41) is 16.7. The molecule has 0 saturated carbocycles. The van der Waals surface area contributed by atoms with Crippen LogP contribution in [0.3, 0.4) is 0 Å². The monoisotopic (exact) mass is 1100 g/mol. The van der Waals surface area contributed by atoms with Gasteiger partial charge in [-0.25, -0.2) is 23.7 Å². The number of carbonyl (C=O) groups excluding carboxylic acids is 4. The SMILES string of the molecule is CCCN(CCC)C(=O)C1=Cc2c(F)cc(-c3ccc(C=O)c(/C=N\N(C)CC(N)=CC=NNC4=Nc5cc(-c6ccc(C=O)c(/C=N\N(C)Cc7nccn7C)c6)cc(F)c5C=C(C(=O)N(CCC)CCC)C4)c3)cc2N=C(N)C1. The van der Waals surface area contributed by atoms with Gasteiger partial charge in [0.15, 0.2) is 12.6 Å². The molecule has 2 aliphatic heterocycles. The third-order valence-corrected chi connectivity index (χ3v) is 13.3. The van der Waals surface area contributed by atoms with Crippen LogP contribution in [-0.4, -0.2) is 131 Å². The molecule has 5 aromatic rings. The number of aliphatic imine (C=N–C) groups is 2. The van der Waals surface area contributed by atoms with Gasteiger partial charge in [0, 0.05) is 129 Å². The van der Waals surface area contributed by atoms with Crippen molar-refractivity contribution in [2.75, 3.05) is 46.8 Å². The number of hydrazone groups is 3. The molecule has 3 heterocycles. The Morgan fingerprint density at radius 3 is 1.69 bits per heavy atom. The molecule has 0 unspecified atom stereocenters. The van der Waals surface area contributed by atoms with Crippen LogP contribution in [0.2, 0.25) is 0 Å². The minimum atomic E-state index is -0.592. The number of benzene rings is 4. The van der Waals surface area contributed by atoms with Crippen LogP contribution in [0.25, 0.3) is 34.4 Å². The van der Waals surface area contributed by atoms with Crippen LogP contribution in [0.1, 0.15) is 115 Å². The Bertz CT molecular complexity index is 3400. The molecule has 18 nitrogen and oxygen atoms in total. The Hall–Kier alpha value is -9.20. The van der Waals surface area contributed by atoms with E-state index in [1.54, 1.807) is 113 Å². The molecule has 2 amide bonds. The standard InChI is InChI=1S/C61H70F2N14O4/c1-8-19-76(20-9-2)60(80)46-26-51-53(62)28-44(30-55(51)70-57(65)32-46)40-12-14-42(38-78)48(24-40)34-68-74(6)36-50(64)16-17-67-72-58-33-47(61(81)77(21-10-3)22-11-4)27-52-54(63)29-45(31-56(52)71-58)41-13-15-43(39-79)49(25-41)35-69-75(7)37-59-66-18-23-73(59)5/h12-18,23-31,34-35,38-39H,8-11,19-22,32-33,36-37,64H2,1-7H3,(H2,65,70)(H,71,72)/b50-16?,67-17?,68-34-,69-35-. The van der Waals surface area contributed by atoms with Crippen molar-refractivity contribution in [2.45, 2.75) is 72.8 Å². The normalized spacial score (nSPS) is 13.4. The number of imidazole rings is 1. The first kappa shape index (κ1) is 59.5. The number of aldehydes is 2. The number of amides is 2. The maximum Gasteiger partial charge on any atom is 0.250 e. The van der Waals surface area contributed by atoms with Gasteiger partial charge in [-0.15, -0.1) is 0 Å². The van der Waals surface area contributed by atoms with E-state index in [1.807, 2.05) is 45.5 Å². The first-order chi connectivity index (χ1) is 39.1. The van der Waals surface area contributed by atoms with Crippen molar-refractivity contribution in [3.8, 4) is 22.3 Å². The Morgan fingerprint density at radius 1 is 0.691 bits per heavy atom. The molecule has 5 N–H and O–H groups in total. The maximum atomic E-state index is 16.4. The first-order valence-corrected chi connectivity index (χ1v) is 27.0. The zero-order chi connectivity index (χ0) is 58.2. The molecule has 4 aromatic carbocycles. The largest absolute Gasteiger partial charge is 0.400 e. The second kappa shape index (κ2) is 28.1. The van der Waals surface area contributed by atoms with E-state index in [1.165, 1.54) is 24.6 Å². The zero-order valence-corrected chi connectivity index (χ0v) is 47.0. The minimum absolute atomic E-state index is 0.0201. The van der Waals surface area contributed by atoms with Gasteiger partial charge in [-0.2, -0.15) is 15.3 Å². The van der Waals surface area contributed by atoms with Crippen LogP contribution in [0.5, 0.6) is 0 Å². The fraction of sp³-hybridized carbons (Fsp3) is 0.311. The molecular formula is C61H70F2N14O4. The molecule has 0 saturated heterocycles. The second-order valence-corrected chi connectivity index (χ2v) is 19.9. The fourth-order valence-corrected chi connectivity index (χ4v) is 9.34. The topological polar surface area (TPSA) is 225 Å². The number of hydrogen-bond acceptors (Lipinski definition) is 15. The van der Waals surface area contributed by atoms with Gasteiger partial charge in [-0.05, 0) is 103 Å². The summed E-state index contributed by atoms with van der Waals surface area (Å²) >= 11 is 0. The van der Waals surface area contributed by atoms with Crippen molar-refractivity contribution < 1.29 is 28.0 Å². The predicted octanol–water partition coefficient (Wildman–Crippen LogP) is 9.40. The lowest BCUT2D eigenvalue weighted by molar-refractivity contribution is -0.128. The van der Waals surface area contributed by atoms with Gasteiger partial charge in [0.1, 0.15) is 29.1 Å². The number of aryl methyl sites for hydroxylation is 1. The number of nitrogens with two attached hydrogens (primary N) is 2. The van der Waals surface area contributed by atoms with Gasteiger partial charge >= 0.3 is 0 Å². The van der Waals surface area contributed by atoms with Crippen LogP contribution in [0.4, 0.5) is 20.2 Å². The second-order valence-electron chi connectivity index (χ2n) is 19.9. The highest BCUT2D eigenvalue weighted by Gasteiger charge is 2.26. The van der Waals surface area contributed by atoms with Crippen LogP contribution in [0.15, 0.2) is 121 Å². The van der Waals surface area contributed by atoms with Crippen LogP contribution >= 0.6 is 0 Å². The molecule has 0 aliphatic carbocycles. The van der Waals surface area contributed by atoms with Gasteiger partial charge in [0.2, 0.25) is 11.8 Å². The quantitative estimate of drug-likeness (QED) is 0.0301. The highest BCUT2D eigenvalue weighted by molar-refractivity contribution is 6.07. The van der Waals surface area contributed by atoms with Crippen molar-refractivity contribution in [2.24, 2.45) is 43.8 Å². The number of hydrogen-bond donors (Lipinski definition) is 3. The van der Waals surface area contributed by atoms with E-state index in [4.69, 9.17) is 16.5 Å². The fourth-order valence-electron chi connectivity index (χ4n) is 9.34. The number of amidine groups is 2. The molecule has 0 radical (unpaired) electrons. The molecule has 0 bridgehead atoms. The van der Waals surface area contributed by atoms with E-state index in [2.05, 4.69) is 30.7 Å². The lowest BCUT2D eigenvalue weighted by Crippen LogP contribution is -2.34. The van der Waals surface area contributed by atoms with Crippen molar-refractivity contribution in [1.29, 1.82) is 0 Å². The lowest BCUT2D eigenvalue weighted by Gasteiger charge is -2.23. The smallest absolute Gasteiger partial charge is 0.250 e. The summed E-state index contributed by atoms with van der Waals surface area (Å²) in [7, 11) is 5.39. The van der Waals surface area contributed by atoms with E-state index in [0.29, 0.717) is 100 Å². The van der Waals surface area contributed by atoms with Crippen molar-refractivity contribution in [3.05, 3.63) is 147 Å². The van der Waals surface area contributed by atoms with Crippen LogP contribution in [0, 0.1) is 11.6 Å². The molecule has 0 fully saturated rings. The highest BCUT2D eigenvalue weighted by atomic mass is 19.1. The lowest BCUT2D eigenvalue weighted by atomic mass is 9.97. The maximum absolute atomic E-state index is 16.4. The summed E-state index contributed by atoms with van der Waals surface area (Å²) in [4.78, 5) is 69.1. The summed E-state index contributed by atoms with van der Waals surface area (Å²) < 4.78 is 34.4. The van der Waals surface area contributed by atoms with Crippen LogP contribution in [-0.2, 0) is 23.2 Å². The van der Waals surface area contributed by atoms with Crippen molar-refractivity contribution in [1.82, 2.24) is 34.8 Å². The summed E-state index contributed by atoms with van der Waals surface area (Å²) in [6, 6.07) is 16.4. The van der Waals surface area contributed by atoms with Crippen molar-refractivity contribution in [3.63, 3.8) is 0 Å². The van der Waals surface area contributed by atoms with E-state index in [-0.39, 0.29) is 65.4 Å². The van der Waals surface area contributed by atoms with Crippen molar-refractivity contribution >= 4 is 78.2 Å². The molecule has 20 heteroatoms. The molecule has 7 rings (SSSR count). The summed E-state index contributed by atoms with van der Waals surface area (Å²) in [5.74, 6) is -0.325. The number of likely N-dealkylation sites (N-methyl/N-ethyl adjacent to an activating group) is 1. The minimum Gasteiger partial charge on any atom is -0.400 e. The third kappa shape index (κ3) is 15.3. The zero-order valence-electron chi connectivity index (χ0n) is 47.0. The number of aromatic nitrogens is 2. The molecule has 422 valence electrons. The van der Waals surface area contributed by atoms with Crippen LogP contribution < -0.4 is 16.9 Å². The summed E-state index contributed by atoms with van der Waals surface area (Å²) in [6.45, 7) is 10.8. The van der Waals surface area contributed by atoms with Gasteiger partial charge < -0.3 is 25.8 Å². The number of nitrogens with zero attached hydrogens (tertiary/aromatic N) is 11. The first-order valence-electron chi connectivity index (χ1n) is 27.0. The van der Waals surface area contributed by atoms with E-state index in [0.717, 1.165) is 37.8 Å². The number of halogens is 2. The Morgan fingerprint density at radius 2 is 1.20 bits per heavy atom. The predicted molar refractivity (Wildman–Crippen MR) is 319 cm³/mol. The van der Waals surface area contributed by atoms with Gasteiger partial charge in [0.05, 0.1) is 36.9 Å². The van der Waals surface area contributed by atoms with Gasteiger partial charge in [-0.1, -0.05) is 52.0 Å². The number of nitrogens with one attached hydrogen (secondary N) is 1. The van der Waals surface area contributed by atoms with E-state index < -0.39 is 11.6 Å². The molecule has 2 aliphatic rings. The Labute approximate surface area is 471 Å². The Balaban J connectivity index is 1.09. The van der Waals surface area contributed by atoms with Gasteiger partial charge in [0.25, 0.3) is 0 Å². The summed E-state index contributed by atoms with van der Waals surface area (Å²) in [5.41, 5.74) is 21.5. The molecular weight excluding hydrogens is 1030 g/mol. The third-order valence-electron chi connectivity index (χ3n) is 13.3. The number of fused-ring (bicyclic) bond motifs is 2. The van der Waals surface area contributed by atoms with E-state index in [9.17, 15) is 19.2 Å².